The molecule has 0 bridgehead atoms. The van der Waals surface area contributed by atoms with Crippen molar-refractivity contribution in [3.63, 3.8) is 0 Å². The second-order valence-electron chi connectivity index (χ2n) is 2.80. The van der Waals surface area contributed by atoms with Gasteiger partial charge in [-0.1, -0.05) is 6.92 Å². The highest BCUT2D eigenvalue weighted by Crippen LogP contribution is 1.95. The Kier molecular flexibility index (Phi) is 3.22. The normalized spacial score (nSPS) is 10.6. The summed E-state index contributed by atoms with van der Waals surface area (Å²) in [6, 6.07) is 0. The van der Waals surface area contributed by atoms with E-state index in [-0.39, 0.29) is 0 Å². The van der Waals surface area contributed by atoms with Crippen molar-refractivity contribution in [3.05, 3.63) is 11.6 Å². The summed E-state index contributed by atoms with van der Waals surface area (Å²) < 4.78 is 1.84. The van der Waals surface area contributed by atoms with E-state index in [1.54, 1.807) is 0 Å². The van der Waals surface area contributed by atoms with E-state index in [0.717, 1.165) is 31.2 Å². The van der Waals surface area contributed by atoms with Gasteiger partial charge in [0.15, 0.2) is 0 Å². The molecular weight excluding hydrogens is 152 g/mol. The first-order chi connectivity index (χ1) is 5.74. The van der Waals surface area contributed by atoms with Crippen molar-refractivity contribution in [3.8, 4) is 0 Å². The lowest BCUT2D eigenvalue weighted by Crippen LogP contribution is -2.17. The number of nitrogens with one attached hydrogen (secondary N) is 1. The third-order valence-electron chi connectivity index (χ3n) is 1.73. The van der Waals surface area contributed by atoms with Gasteiger partial charge < -0.3 is 5.32 Å². The molecule has 4 nitrogen and oxygen atoms in total. The summed E-state index contributed by atoms with van der Waals surface area (Å²) in [6.07, 6.45) is 0.950. The van der Waals surface area contributed by atoms with Crippen LogP contribution in [0.15, 0.2) is 0 Å². The predicted octanol–water partition coefficient (Wildman–Crippen LogP) is 0.276. The molecule has 0 aliphatic carbocycles. The summed E-state index contributed by atoms with van der Waals surface area (Å²) in [5.41, 5.74) is 0. The lowest BCUT2D eigenvalue weighted by atomic mass is 10.4. The lowest BCUT2D eigenvalue weighted by Gasteiger charge is -1.99. The molecule has 0 aliphatic heterocycles. The van der Waals surface area contributed by atoms with Gasteiger partial charge in [-0.3, -0.25) is 4.68 Å². The zero-order valence-electron chi connectivity index (χ0n) is 7.96. The maximum Gasteiger partial charge on any atom is 0.147 e. The van der Waals surface area contributed by atoms with Crippen LogP contribution in [0.3, 0.4) is 0 Å². The maximum atomic E-state index is 4.29. The van der Waals surface area contributed by atoms with Crippen molar-refractivity contribution in [1.29, 1.82) is 0 Å². The Labute approximate surface area is 73.0 Å². The van der Waals surface area contributed by atoms with E-state index >= 15 is 0 Å². The third kappa shape index (κ3) is 2.30. The van der Waals surface area contributed by atoms with Crippen LogP contribution in [0.2, 0.25) is 0 Å². The van der Waals surface area contributed by atoms with Gasteiger partial charge in [-0.2, -0.15) is 5.10 Å². The first kappa shape index (κ1) is 9.19. The molecule has 0 spiro atoms. The van der Waals surface area contributed by atoms with Gasteiger partial charge in [-0.25, -0.2) is 4.98 Å². The van der Waals surface area contributed by atoms with E-state index in [9.17, 15) is 0 Å². The molecule has 0 atom stereocenters. The van der Waals surface area contributed by atoms with Crippen molar-refractivity contribution in [2.24, 2.45) is 7.05 Å². The molecule has 0 saturated carbocycles. The minimum absolute atomic E-state index is 0.851. The van der Waals surface area contributed by atoms with E-state index in [0.29, 0.717) is 0 Å². The SMILES string of the molecule is CCNCCc1nc(C)nn1C. The molecule has 0 saturated heterocycles. The first-order valence-electron chi connectivity index (χ1n) is 4.31. The number of aryl methyl sites for hydroxylation is 2. The Bertz CT molecular complexity index is 241. The number of hydrogen-bond acceptors (Lipinski definition) is 3. The first-order valence-corrected chi connectivity index (χ1v) is 4.31. The molecule has 12 heavy (non-hydrogen) atoms. The topological polar surface area (TPSA) is 42.7 Å². The van der Waals surface area contributed by atoms with Gasteiger partial charge in [0.25, 0.3) is 0 Å². The van der Waals surface area contributed by atoms with Crippen LogP contribution in [-0.2, 0) is 13.5 Å². The largest absolute Gasteiger partial charge is 0.317 e. The number of hydrogen-bond donors (Lipinski definition) is 1. The average Bonchev–Trinajstić information content (AvgIpc) is 2.31. The van der Waals surface area contributed by atoms with Gasteiger partial charge >= 0.3 is 0 Å². The highest BCUT2D eigenvalue weighted by Gasteiger charge is 2.01. The number of aromatic nitrogens is 3. The summed E-state index contributed by atoms with van der Waals surface area (Å²) in [6.45, 7) is 6.00. The average molecular weight is 168 g/mol. The van der Waals surface area contributed by atoms with Crippen LogP contribution in [0.25, 0.3) is 0 Å². The smallest absolute Gasteiger partial charge is 0.147 e. The van der Waals surface area contributed by atoms with Gasteiger partial charge in [-0.15, -0.1) is 0 Å². The van der Waals surface area contributed by atoms with Gasteiger partial charge in [0, 0.05) is 20.0 Å². The standard InChI is InChI=1S/C8H16N4/c1-4-9-6-5-8-10-7(2)11-12(8)3/h9H,4-6H2,1-3H3. The van der Waals surface area contributed by atoms with Crippen molar-refractivity contribution in [2.45, 2.75) is 20.3 Å². The van der Waals surface area contributed by atoms with Crippen LogP contribution in [0.5, 0.6) is 0 Å². The minimum Gasteiger partial charge on any atom is -0.317 e. The van der Waals surface area contributed by atoms with Crippen LogP contribution in [-0.4, -0.2) is 27.9 Å². The highest BCUT2D eigenvalue weighted by atomic mass is 15.3. The zero-order chi connectivity index (χ0) is 8.97. The fourth-order valence-corrected chi connectivity index (χ4v) is 1.15. The second-order valence-corrected chi connectivity index (χ2v) is 2.80. The van der Waals surface area contributed by atoms with Gasteiger partial charge in [0.2, 0.25) is 0 Å². The van der Waals surface area contributed by atoms with Gasteiger partial charge in [0.1, 0.15) is 11.6 Å². The second kappa shape index (κ2) is 4.21. The molecule has 4 heteroatoms. The Balaban J connectivity index is 2.45. The lowest BCUT2D eigenvalue weighted by molar-refractivity contribution is 0.647. The Morgan fingerprint density at radius 2 is 2.25 bits per heavy atom. The van der Waals surface area contributed by atoms with Crippen LogP contribution in [0, 0.1) is 6.92 Å². The van der Waals surface area contributed by atoms with Crippen LogP contribution >= 0.6 is 0 Å². The summed E-state index contributed by atoms with van der Waals surface area (Å²) >= 11 is 0. The van der Waals surface area contributed by atoms with E-state index < -0.39 is 0 Å². The summed E-state index contributed by atoms with van der Waals surface area (Å²) in [5, 5.41) is 7.42. The quantitative estimate of drug-likeness (QED) is 0.656. The maximum absolute atomic E-state index is 4.29. The third-order valence-corrected chi connectivity index (χ3v) is 1.73. The Hall–Kier alpha value is -0.900. The molecule has 1 N–H and O–H groups in total. The van der Waals surface area contributed by atoms with Gasteiger partial charge in [-0.05, 0) is 13.5 Å². The van der Waals surface area contributed by atoms with E-state index in [4.69, 9.17) is 0 Å². The predicted molar refractivity (Wildman–Crippen MR) is 48.0 cm³/mol. The summed E-state index contributed by atoms with van der Waals surface area (Å²) in [4.78, 5) is 4.29. The molecule has 0 aromatic carbocycles. The Morgan fingerprint density at radius 3 is 2.75 bits per heavy atom. The highest BCUT2D eigenvalue weighted by molar-refractivity contribution is 4.90. The molecule has 68 valence electrons. The van der Waals surface area contributed by atoms with E-state index in [2.05, 4.69) is 22.3 Å². The number of rotatable bonds is 4. The zero-order valence-corrected chi connectivity index (χ0v) is 7.96. The molecule has 1 rings (SSSR count). The van der Waals surface area contributed by atoms with Crippen LogP contribution in [0.4, 0.5) is 0 Å². The monoisotopic (exact) mass is 168 g/mol. The molecular formula is C8H16N4. The number of nitrogens with zero attached hydrogens (tertiary/aromatic N) is 3. The fourth-order valence-electron chi connectivity index (χ4n) is 1.15. The molecule has 0 fully saturated rings. The fraction of sp³-hybridized carbons (Fsp3) is 0.750. The van der Waals surface area contributed by atoms with Crippen molar-refractivity contribution in [2.75, 3.05) is 13.1 Å². The van der Waals surface area contributed by atoms with Crippen LogP contribution in [0.1, 0.15) is 18.6 Å². The van der Waals surface area contributed by atoms with E-state index in [1.807, 2.05) is 18.7 Å². The van der Waals surface area contributed by atoms with Crippen molar-refractivity contribution in [1.82, 2.24) is 20.1 Å². The molecule has 0 amide bonds. The molecule has 1 heterocycles. The molecule has 0 radical (unpaired) electrons. The van der Waals surface area contributed by atoms with Crippen LogP contribution < -0.4 is 5.32 Å². The molecule has 0 unspecified atom stereocenters. The molecule has 1 aromatic rings. The number of likely N-dealkylation sites (N-methyl/N-ethyl adjacent to an activating group) is 1. The Morgan fingerprint density at radius 1 is 1.50 bits per heavy atom. The van der Waals surface area contributed by atoms with Crippen molar-refractivity contribution >= 4 is 0 Å². The summed E-state index contributed by atoms with van der Waals surface area (Å²) in [5.74, 6) is 1.90. The van der Waals surface area contributed by atoms with Gasteiger partial charge in [0.05, 0.1) is 0 Å². The minimum atomic E-state index is 0.851. The van der Waals surface area contributed by atoms with Crippen molar-refractivity contribution < 1.29 is 0 Å². The molecule has 0 aliphatic rings. The molecule has 1 aromatic heterocycles. The van der Waals surface area contributed by atoms with E-state index in [1.165, 1.54) is 0 Å². The summed E-state index contributed by atoms with van der Waals surface area (Å²) in [7, 11) is 1.93.